The van der Waals surface area contributed by atoms with Gasteiger partial charge in [0.2, 0.25) is 0 Å². The molecule has 1 fully saturated rings. The lowest BCUT2D eigenvalue weighted by Gasteiger charge is -2.11. The minimum absolute atomic E-state index is 0.118. The van der Waals surface area contributed by atoms with Gasteiger partial charge in [-0.15, -0.1) is 5.10 Å². The van der Waals surface area contributed by atoms with Crippen LogP contribution in [0.15, 0.2) is 18.2 Å². The van der Waals surface area contributed by atoms with Gasteiger partial charge in [-0.1, -0.05) is 23.4 Å². The molecule has 6 nitrogen and oxygen atoms in total. The number of para-hydroxylation sites is 1. The average molecular weight is 314 g/mol. The Labute approximate surface area is 135 Å². The van der Waals surface area contributed by atoms with Gasteiger partial charge < -0.3 is 10.1 Å². The summed E-state index contributed by atoms with van der Waals surface area (Å²) in [6, 6.07) is 6.07. The van der Waals surface area contributed by atoms with Gasteiger partial charge in [0.15, 0.2) is 5.69 Å². The van der Waals surface area contributed by atoms with E-state index in [-0.39, 0.29) is 12.0 Å². The topological polar surface area (TPSA) is 69.0 Å². The van der Waals surface area contributed by atoms with Crippen LogP contribution in [0, 0.1) is 20.8 Å². The Morgan fingerprint density at radius 1 is 1.35 bits per heavy atom. The van der Waals surface area contributed by atoms with Crippen molar-refractivity contribution >= 4 is 5.91 Å². The minimum atomic E-state index is -0.199. The number of amides is 1. The molecule has 6 heteroatoms. The second kappa shape index (κ2) is 6.50. The van der Waals surface area contributed by atoms with Crippen LogP contribution in [-0.4, -0.2) is 40.2 Å². The molecule has 1 aliphatic rings. The summed E-state index contributed by atoms with van der Waals surface area (Å²) >= 11 is 0. The molecule has 0 bridgehead atoms. The summed E-state index contributed by atoms with van der Waals surface area (Å²) in [6.07, 6.45) is 2.17. The van der Waals surface area contributed by atoms with Crippen LogP contribution in [0.5, 0.6) is 0 Å². The fourth-order valence-electron chi connectivity index (χ4n) is 2.99. The lowest BCUT2D eigenvalue weighted by Crippen LogP contribution is -2.32. The van der Waals surface area contributed by atoms with Gasteiger partial charge in [0, 0.05) is 13.2 Å². The van der Waals surface area contributed by atoms with E-state index in [1.165, 1.54) is 0 Å². The first-order chi connectivity index (χ1) is 11.1. The molecular formula is C17H22N4O2. The average Bonchev–Trinajstić information content (AvgIpc) is 3.15. The van der Waals surface area contributed by atoms with Crippen LogP contribution < -0.4 is 5.32 Å². The summed E-state index contributed by atoms with van der Waals surface area (Å²) in [6.45, 7) is 7.23. The first-order valence-electron chi connectivity index (χ1n) is 7.96. The Morgan fingerprint density at radius 3 is 2.74 bits per heavy atom. The Bertz CT molecular complexity index is 697. The molecule has 1 atom stereocenters. The number of nitrogens with one attached hydrogen (secondary N) is 1. The van der Waals surface area contributed by atoms with Crippen LogP contribution in [0.1, 0.15) is 40.2 Å². The molecule has 1 N–H and O–H groups in total. The van der Waals surface area contributed by atoms with Crippen LogP contribution in [0.4, 0.5) is 0 Å². The predicted octanol–water partition coefficient (Wildman–Crippen LogP) is 2.10. The maximum absolute atomic E-state index is 12.4. The number of ether oxygens (including phenoxy) is 1. The van der Waals surface area contributed by atoms with Crippen molar-refractivity contribution in [2.24, 2.45) is 0 Å². The second-order valence-corrected chi connectivity index (χ2v) is 6.02. The number of hydrogen-bond donors (Lipinski definition) is 1. The van der Waals surface area contributed by atoms with Gasteiger partial charge in [0.05, 0.1) is 17.5 Å². The Kier molecular flexibility index (Phi) is 4.43. The van der Waals surface area contributed by atoms with Gasteiger partial charge in [0.1, 0.15) is 0 Å². The zero-order valence-corrected chi connectivity index (χ0v) is 13.8. The summed E-state index contributed by atoms with van der Waals surface area (Å²) < 4.78 is 7.26. The molecule has 0 aliphatic carbocycles. The summed E-state index contributed by atoms with van der Waals surface area (Å²) in [5, 5.41) is 11.2. The van der Waals surface area contributed by atoms with E-state index in [9.17, 15) is 4.79 Å². The third kappa shape index (κ3) is 3.12. The number of rotatable bonds is 4. The lowest BCUT2D eigenvalue weighted by atomic mass is 10.1. The molecule has 1 aromatic heterocycles. The monoisotopic (exact) mass is 314 g/mol. The van der Waals surface area contributed by atoms with Crippen molar-refractivity contribution in [3.8, 4) is 5.69 Å². The smallest absolute Gasteiger partial charge is 0.273 e. The first-order valence-corrected chi connectivity index (χ1v) is 7.96. The van der Waals surface area contributed by atoms with Crippen molar-refractivity contribution in [2.45, 2.75) is 39.7 Å². The third-order valence-electron chi connectivity index (χ3n) is 4.28. The van der Waals surface area contributed by atoms with Crippen molar-refractivity contribution in [1.29, 1.82) is 0 Å². The normalized spacial score (nSPS) is 17.4. The van der Waals surface area contributed by atoms with E-state index in [4.69, 9.17) is 4.74 Å². The van der Waals surface area contributed by atoms with E-state index in [1.807, 2.05) is 39.0 Å². The summed E-state index contributed by atoms with van der Waals surface area (Å²) in [5.74, 6) is -0.199. The van der Waals surface area contributed by atoms with Crippen LogP contribution in [0.25, 0.3) is 5.69 Å². The molecule has 2 heterocycles. The molecule has 0 unspecified atom stereocenters. The van der Waals surface area contributed by atoms with Gasteiger partial charge in [-0.2, -0.15) is 0 Å². The van der Waals surface area contributed by atoms with Crippen molar-refractivity contribution in [3.05, 3.63) is 40.7 Å². The van der Waals surface area contributed by atoms with Crippen LogP contribution in [-0.2, 0) is 4.74 Å². The zero-order valence-electron chi connectivity index (χ0n) is 13.8. The van der Waals surface area contributed by atoms with E-state index < -0.39 is 0 Å². The summed E-state index contributed by atoms with van der Waals surface area (Å²) in [5.41, 5.74) is 4.29. The number of carbonyl (C=O) groups excluding carboxylic acids is 1. The Morgan fingerprint density at radius 2 is 2.09 bits per heavy atom. The molecule has 122 valence electrons. The molecule has 1 aliphatic heterocycles. The highest BCUT2D eigenvalue weighted by molar-refractivity contribution is 5.93. The molecule has 0 radical (unpaired) electrons. The third-order valence-corrected chi connectivity index (χ3v) is 4.28. The predicted molar refractivity (Wildman–Crippen MR) is 86.9 cm³/mol. The largest absolute Gasteiger partial charge is 0.376 e. The molecule has 1 amide bonds. The molecule has 1 saturated heterocycles. The van der Waals surface area contributed by atoms with E-state index >= 15 is 0 Å². The summed E-state index contributed by atoms with van der Waals surface area (Å²) in [4.78, 5) is 12.4. The number of aromatic nitrogens is 3. The molecule has 23 heavy (non-hydrogen) atoms. The van der Waals surface area contributed by atoms with E-state index in [2.05, 4.69) is 15.6 Å². The van der Waals surface area contributed by atoms with E-state index in [0.717, 1.165) is 42.0 Å². The summed E-state index contributed by atoms with van der Waals surface area (Å²) in [7, 11) is 0. The van der Waals surface area contributed by atoms with Gasteiger partial charge in [-0.3, -0.25) is 4.79 Å². The quantitative estimate of drug-likeness (QED) is 0.938. The second-order valence-electron chi connectivity index (χ2n) is 6.02. The lowest BCUT2D eigenvalue weighted by molar-refractivity contribution is 0.0853. The Balaban J connectivity index is 1.80. The molecular weight excluding hydrogens is 292 g/mol. The molecule has 3 rings (SSSR count). The standard InChI is InChI=1S/C17H22N4O2/c1-11-6-4-7-12(2)16(11)21-13(3)15(19-20-21)17(22)18-10-14-8-5-9-23-14/h4,6-7,14H,5,8-10H2,1-3H3,(H,18,22)/t14-/m1/s1. The van der Waals surface area contributed by atoms with Gasteiger partial charge in [-0.05, 0) is 44.7 Å². The number of benzene rings is 1. The van der Waals surface area contributed by atoms with Gasteiger partial charge >= 0.3 is 0 Å². The van der Waals surface area contributed by atoms with Crippen molar-refractivity contribution in [1.82, 2.24) is 20.3 Å². The Hall–Kier alpha value is -2.21. The van der Waals surface area contributed by atoms with Gasteiger partial charge in [-0.25, -0.2) is 4.68 Å². The SMILES string of the molecule is Cc1cccc(C)c1-n1nnc(C(=O)NC[C@H]2CCCO2)c1C. The van der Waals surface area contributed by atoms with Crippen LogP contribution in [0.2, 0.25) is 0 Å². The van der Waals surface area contributed by atoms with E-state index in [0.29, 0.717) is 12.2 Å². The number of hydrogen-bond acceptors (Lipinski definition) is 4. The van der Waals surface area contributed by atoms with Crippen molar-refractivity contribution in [2.75, 3.05) is 13.2 Å². The molecule has 0 saturated carbocycles. The van der Waals surface area contributed by atoms with Gasteiger partial charge in [0.25, 0.3) is 5.91 Å². The maximum Gasteiger partial charge on any atom is 0.273 e. The highest BCUT2D eigenvalue weighted by Crippen LogP contribution is 2.20. The zero-order chi connectivity index (χ0) is 16.4. The number of carbonyl (C=O) groups is 1. The first kappa shape index (κ1) is 15.7. The van der Waals surface area contributed by atoms with Crippen LogP contribution >= 0.6 is 0 Å². The number of aryl methyl sites for hydroxylation is 2. The van der Waals surface area contributed by atoms with Crippen molar-refractivity contribution < 1.29 is 9.53 Å². The highest BCUT2D eigenvalue weighted by atomic mass is 16.5. The highest BCUT2D eigenvalue weighted by Gasteiger charge is 2.21. The number of nitrogens with zero attached hydrogens (tertiary/aromatic N) is 3. The van der Waals surface area contributed by atoms with Crippen LogP contribution in [0.3, 0.4) is 0 Å². The fourth-order valence-corrected chi connectivity index (χ4v) is 2.99. The molecule has 0 spiro atoms. The van der Waals surface area contributed by atoms with E-state index in [1.54, 1.807) is 4.68 Å². The fraction of sp³-hybridized carbons (Fsp3) is 0.471. The molecule has 2 aromatic rings. The molecule has 1 aromatic carbocycles. The maximum atomic E-state index is 12.4. The van der Waals surface area contributed by atoms with Crippen molar-refractivity contribution in [3.63, 3.8) is 0 Å². The minimum Gasteiger partial charge on any atom is -0.376 e.